The molecule has 2 atom stereocenters. The van der Waals surface area contributed by atoms with Gasteiger partial charge in [0.2, 0.25) is 16.2 Å². The topological polar surface area (TPSA) is 99.2 Å². The van der Waals surface area contributed by atoms with Crippen molar-refractivity contribution in [2.75, 3.05) is 41.7 Å². The molecular weight excluding hydrogens is 498 g/mol. The highest BCUT2D eigenvalue weighted by Crippen LogP contribution is 2.56. The summed E-state index contributed by atoms with van der Waals surface area (Å²) in [4.78, 5) is 17.1. The van der Waals surface area contributed by atoms with Crippen LogP contribution < -0.4 is 15.5 Å². The Bertz CT molecular complexity index is 1090. The molecular formula is C25H34F2N8OS. The van der Waals surface area contributed by atoms with Crippen LogP contribution in [0.4, 0.5) is 24.9 Å². The lowest BCUT2D eigenvalue weighted by atomic mass is 9.81. The molecule has 1 amide bonds. The van der Waals surface area contributed by atoms with E-state index in [9.17, 15) is 13.6 Å². The fourth-order valence-corrected chi connectivity index (χ4v) is 6.99. The van der Waals surface area contributed by atoms with E-state index in [1.54, 1.807) is 6.20 Å². The van der Waals surface area contributed by atoms with Gasteiger partial charge in [0, 0.05) is 63.2 Å². The minimum Gasteiger partial charge on any atom is -0.355 e. The molecule has 200 valence electrons. The summed E-state index contributed by atoms with van der Waals surface area (Å²) in [5, 5.41) is 23.3. The number of anilines is 3. The van der Waals surface area contributed by atoms with E-state index in [1.807, 2.05) is 12.1 Å². The van der Waals surface area contributed by atoms with Gasteiger partial charge >= 0.3 is 0 Å². The lowest BCUT2D eigenvalue weighted by Gasteiger charge is -2.44. The van der Waals surface area contributed by atoms with E-state index >= 15 is 0 Å². The molecule has 2 N–H and O–H groups in total. The van der Waals surface area contributed by atoms with Crippen LogP contribution in [-0.4, -0.2) is 75.4 Å². The van der Waals surface area contributed by atoms with Crippen LogP contribution in [0.1, 0.15) is 57.8 Å². The molecule has 1 unspecified atom stereocenters. The molecule has 0 radical (unpaired) electrons. The van der Waals surface area contributed by atoms with Crippen LogP contribution >= 0.6 is 11.3 Å². The Morgan fingerprint density at radius 1 is 1.03 bits per heavy atom. The van der Waals surface area contributed by atoms with E-state index in [0.717, 1.165) is 38.2 Å². The van der Waals surface area contributed by atoms with Crippen molar-refractivity contribution in [3.05, 3.63) is 18.3 Å². The third-order valence-electron chi connectivity index (χ3n) is 8.78. The Hall–Kier alpha value is -2.47. The summed E-state index contributed by atoms with van der Waals surface area (Å²) in [5.41, 5.74) is 0.582. The lowest BCUT2D eigenvalue weighted by Crippen LogP contribution is -2.52. The highest BCUT2D eigenvalue weighted by molar-refractivity contribution is 7.19. The monoisotopic (exact) mass is 532 g/mol. The third kappa shape index (κ3) is 5.69. The molecule has 2 aromatic heterocycles. The smallest absolute Gasteiger partial charge is 0.253 e. The van der Waals surface area contributed by atoms with Gasteiger partial charge in [-0.25, -0.2) is 8.78 Å². The molecule has 0 bridgehead atoms. The number of piperidine rings is 1. The van der Waals surface area contributed by atoms with Crippen molar-refractivity contribution >= 4 is 33.3 Å². The number of hydrogen-bond donors (Lipinski definition) is 2. The number of nitrogens with one attached hydrogen (secondary N) is 2. The average Bonchev–Trinajstić information content (AvgIpc) is 3.25. The summed E-state index contributed by atoms with van der Waals surface area (Å²) in [5.74, 6) is -3.39. The van der Waals surface area contributed by atoms with Crippen LogP contribution in [0, 0.1) is 11.3 Å². The number of likely N-dealkylation sites (tertiary alicyclic amines) is 1. The molecule has 1 spiro atoms. The zero-order chi connectivity index (χ0) is 25.5. The van der Waals surface area contributed by atoms with Crippen molar-refractivity contribution in [1.29, 1.82) is 0 Å². The first kappa shape index (κ1) is 24.8. The molecule has 0 aromatic carbocycles. The molecule has 4 heterocycles. The minimum absolute atomic E-state index is 0.167. The number of nitrogens with zero attached hydrogens (tertiary/aromatic N) is 6. The van der Waals surface area contributed by atoms with E-state index in [2.05, 4.69) is 40.8 Å². The minimum atomic E-state index is -2.83. The molecule has 2 saturated carbocycles. The molecule has 9 nitrogen and oxygen atoms in total. The molecule has 12 heteroatoms. The molecule has 4 aliphatic rings. The fourth-order valence-electron chi connectivity index (χ4n) is 6.26. The Morgan fingerprint density at radius 3 is 2.59 bits per heavy atom. The first-order valence-electron chi connectivity index (χ1n) is 13.4. The Kier molecular flexibility index (Phi) is 6.72. The van der Waals surface area contributed by atoms with E-state index < -0.39 is 17.7 Å². The maximum absolute atomic E-state index is 14.8. The summed E-state index contributed by atoms with van der Waals surface area (Å²) < 4.78 is 29.5. The van der Waals surface area contributed by atoms with Crippen LogP contribution in [-0.2, 0) is 4.79 Å². The van der Waals surface area contributed by atoms with Gasteiger partial charge in [-0.2, -0.15) is 5.10 Å². The van der Waals surface area contributed by atoms with Gasteiger partial charge in [-0.1, -0.05) is 11.3 Å². The van der Waals surface area contributed by atoms with Crippen molar-refractivity contribution in [1.82, 2.24) is 25.3 Å². The summed E-state index contributed by atoms with van der Waals surface area (Å²) >= 11 is 1.23. The van der Waals surface area contributed by atoms with Gasteiger partial charge in [0.25, 0.3) is 5.92 Å². The lowest BCUT2D eigenvalue weighted by molar-refractivity contribution is -0.135. The van der Waals surface area contributed by atoms with Crippen LogP contribution in [0.5, 0.6) is 0 Å². The third-order valence-corrected chi connectivity index (χ3v) is 9.54. The second-order valence-corrected chi connectivity index (χ2v) is 12.2. The highest BCUT2D eigenvalue weighted by Gasteiger charge is 2.49. The molecule has 37 heavy (non-hydrogen) atoms. The van der Waals surface area contributed by atoms with Gasteiger partial charge in [-0.15, -0.1) is 15.3 Å². The molecule has 2 saturated heterocycles. The second kappa shape index (κ2) is 10.0. The van der Waals surface area contributed by atoms with E-state index in [-0.39, 0.29) is 25.4 Å². The predicted octanol–water partition coefficient (Wildman–Crippen LogP) is 4.03. The SMILES string of the molecule is O=C(CC1CN(C2CCC3(CC2)CC3)CCC1(F)F)Nc1nnc(N[C@@H]2CCN(c3cccnn3)C2)s1. The standard InChI is InChI=1S/C25H34F2N8OS/c26-25(27)10-13-34(19-3-6-24(7-4-19)8-9-24)15-17(25)14-21(36)30-23-33-32-22(37-23)29-18-5-12-35(16-18)20-2-1-11-28-31-20/h1-2,11,17-19H,3-10,12-16H2,(H,29,32)(H,30,33,36)/t17?,18-/m1/s1. The first-order chi connectivity index (χ1) is 17.9. The highest BCUT2D eigenvalue weighted by atomic mass is 32.1. The fraction of sp³-hybridized carbons (Fsp3) is 0.720. The molecule has 6 rings (SSSR count). The number of rotatable bonds is 7. The second-order valence-electron chi connectivity index (χ2n) is 11.3. The Balaban J connectivity index is 0.993. The van der Waals surface area contributed by atoms with Crippen molar-refractivity contribution in [3.63, 3.8) is 0 Å². The quantitative estimate of drug-likeness (QED) is 0.552. The zero-order valence-corrected chi connectivity index (χ0v) is 21.7. The Morgan fingerprint density at radius 2 is 1.84 bits per heavy atom. The van der Waals surface area contributed by atoms with Crippen LogP contribution in [0.2, 0.25) is 0 Å². The molecule has 2 aliphatic carbocycles. The van der Waals surface area contributed by atoms with Gasteiger partial charge in [-0.3, -0.25) is 9.69 Å². The average molecular weight is 533 g/mol. The summed E-state index contributed by atoms with van der Waals surface area (Å²) in [6.45, 7) is 2.32. The number of amides is 1. The van der Waals surface area contributed by atoms with Gasteiger partial charge < -0.3 is 15.5 Å². The van der Waals surface area contributed by atoms with Crippen molar-refractivity contribution in [2.45, 2.75) is 75.8 Å². The number of carbonyl (C=O) groups excluding carboxylic acids is 1. The van der Waals surface area contributed by atoms with E-state index in [0.29, 0.717) is 28.3 Å². The van der Waals surface area contributed by atoms with Gasteiger partial charge in [0.15, 0.2) is 5.82 Å². The zero-order valence-electron chi connectivity index (χ0n) is 20.9. The number of alkyl halides is 2. The predicted molar refractivity (Wildman–Crippen MR) is 138 cm³/mol. The maximum atomic E-state index is 14.8. The summed E-state index contributed by atoms with van der Waals surface area (Å²) in [6.07, 6.45) is 9.50. The van der Waals surface area contributed by atoms with Crippen molar-refractivity contribution in [2.24, 2.45) is 11.3 Å². The number of aromatic nitrogens is 4. The van der Waals surface area contributed by atoms with E-state index in [1.165, 1.54) is 37.0 Å². The molecule has 2 aromatic rings. The molecule has 2 aliphatic heterocycles. The van der Waals surface area contributed by atoms with Crippen molar-refractivity contribution in [3.8, 4) is 0 Å². The summed E-state index contributed by atoms with van der Waals surface area (Å²) in [6, 6.07) is 4.34. The number of halogens is 2. The maximum Gasteiger partial charge on any atom is 0.253 e. The van der Waals surface area contributed by atoms with Crippen molar-refractivity contribution < 1.29 is 13.6 Å². The normalized spacial score (nSPS) is 27.4. The van der Waals surface area contributed by atoms with Crippen LogP contribution in [0.3, 0.4) is 0 Å². The first-order valence-corrected chi connectivity index (χ1v) is 14.2. The number of carbonyl (C=O) groups is 1. The number of hydrogen-bond acceptors (Lipinski definition) is 9. The van der Waals surface area contributed by atoms with Crippen LogP contribution in [0.25, 0.3) is 0 Å². The largest absolute Gasteiger partial charge is 0.355 e. The van der Waals surface area contributed by atoms with Crippen LogP contribution in [0.15, 0.2) is 18.3 Å². The van der Waals surface area contributed by atoms with Gasteiger partial charge in [0.1, 0.15) is 0 Å². The molecule has 4 fully saturated rings. The van der Waals surface area contributed by atoms with Gasteiger partial charge in [-0.05, 0) is 62.5 Å². The summed E-state index contributed by atoms with van der Waals surface area (Å²) in [7, 11) is 0. The van der Waals surface area contributed by atoms with Gasteiger partial charge in [0.05, 0.1) is 0 Å². The van der Waals surface area contributed by atoms with E-state index in [4.69, 9.17) is 0 Å². The Labute approximate surface area is 219 Å².